The molecular formula is C11H6N2O3. The highest BCUT2D eigenvalue weighted by atomic mass is 16.4. The van der Waals surface area contributed by atoms with Crippen molar-refractivity contribution in [2.75, 3.05) is 0 Å². The molecule has 0 aliphatic heterocycles. The highest BCUT2D eigenvalue weighted by Crippen LogP contribution is 2.17. The van der Waals surface area contributed by atoms with E-state index in [2.05, 4.69) is 4.98 Å². The first-order valence-corrected chi connectivity index (χ1v) is 4.41. The number of carboxylic acid groups (broad SMARTS) is 1. The fourth-order valence-corrected chi connectivity index (χ4v) is 1.26. The summed E-state index contributed by atoms with van der Waals surface area (Å²) in [7, 11) is 0. The predicted molar refractivity (Wildman–Crippen MR) is 55.4 cm³/mol. The molecule has 0 bridgehead atoms. The van der Waals surface area contributed by atoms with Gasteiger partial charge in [0.25, 0.3) is 0 Å². The number of hydrogen-bond acceptors (Lipinski definition) is 4. The van der Waals surface area contributed by atoms with Crippen LogP contribution in [0, 0.1) is 11.3 Å². The number of aromatic nitrogens is 1. The second-order valence-corrected chi connectivity index (χ2v) is 3.03. The Bertz CT molecular complexity index is 620. The van der Waals surface area contributed by atoms with Crippen molar-refractivity contribution in [2.24, 2.45) is 0 Å². The third kappa shape index (κ3) is 1.91. The van der Waals surface area contributed by atoms with Crippen molar-refractivity contribution in [3.63, 3.8) is 0 Å². The van der Waals surface area contributed by atoms with E-state index < -0.39 is 5.97 Å². The molecule has 0 atom stereocenters. The molecular weight excluding hydrogens is 208 g/mol. The lowest BCUT2D eigenvalue weighted by Gasteiger charge is -1.90. The Labute approximate surface area is 90.2 Å². The second kappa shape index (κ2) is 3.87. The molecule has 5 heteroatoms. The van der Waals surface area contributed by atoms with Crippen molar-refractivity contribution in [3.8, 4) is 6.07 Å². The Kier molecular flexibility index (Phi) is 2.40. The molecule has 0 aliphatic carbocycles. The molecule has 1 N–H and O–H groups in total. The number of carboxylic acids is 1. The minimum Gasteiger partial charge on any atom is -0.478 e. The van der Waals surface area contributed by atoms with Gasteiger partial charge in [0.2, 0.25) is 0 Å². The number of nitrogens with zero attached hydrogens (tertiary/aromatic N) is 2. The molecule has 2 aromatic rings. The summed E-state index contributed by atoms with van der Waals surface area (Å²) in [4.78, 5) is 14.2. The molecule has 78 valence electrons. The summed E-state index contributed by atoms with van der Waals surface area (Å²) in [5.41, 5.74) is 1.71. The second-order valence-electron chi connectivity index (χ2n) is 3.03. The number of aliphatic carboxylic acids is 1. The highest BCUT2D eigenvalue weighted by Gasteiger charge is 2.04. The van der Waals surface area contributed by atoms with E-state index in [4.69, 9.17) is 14.8 Å². The Morgan fingerprint density at radius 1 is 1.56 bits per heavy atom. The van der Waals surface area contributed by atoms with Gasteiger partial charge in [-0.3, -0.25) is 0 Å². The first-order valence-electron chi connectivity index (χ1n) is 4.41. The summed E-state index contributed by atoms with van der Waals surface area (Å²) in [6.45, 7) is 0. The number of nitriles is 1. The van der Waals surface area contributed by atoms with Crippen molar-refractivity contribution < 1.29 is 14.3 Å². The fourth-order valence-electron chi connectivity index (χ4n) is 1.26. The van der Waals surface area contributed by atoms with Gasteiger partial charge in [0, 0.05) is 6.08 Å². The standard InChI is InChI=1S/C11H6N2O3/c12-6-10-13-8-3-1-7(2-4-11(14)15)5-9(8)16-10/h1-5H,(H,14,15)/b4-2+. The van der Waals surface area contributed by atoms with E-state index in [9.17, 15) is 4.79 Å². The van der Waals surface area contributed by atoms with Gasteiger partial charge in [0.05, 0.1) is 0 Å². The number of benzene rings is 1. The molecule has 0 radical (unpaired) electrons. The SMILES string of the molecule is N#Cc1nc2ccc(/C=C/C(=O)O)cc2o1. The van der Waals surface area contributed by atoms with Crippen LogP contribution in [-0.2, 0) is 4.79 Å². The Morgan fingerprint density at radius 2 is 2.38 bits per heavy atom. The largest absolute Gasteiger partial charge is 0.478 e. The quantitative estimate of drug-likeness (QED) is 0.770. The van der Waals surface area contributed by atoms with Gasteiger partial charge >= 0.3 is 11.9 Å². The van der Waals surface area contributed by atoms with Gasteiger partial charge in [-0.2, -0.15) is 10.2 Å². The van der Waals surface area contributed by atoms with Crippen LogP contribution in [0.2, 0.25) is 0 Å². The fraction of sp³-hybridized carbons (Fsp3) is 0. The maximum Gasteiger partial charge on any atom is 0.328 e. The summed E-state index contributed by atoms with van der Waals surface area (Å²) in [6.07, 6.45) is 2.47. The lowest BCUT2D eigenvalue weighted by molar-refractivity contribution is -0.131. The molecule has 0 unspecified atom stereocenters. The molecule has 0 aliphatic rings. The third-order valence-electron chi connectivity index (χ3n) is 1.93. The molecule has 0 amide bonds. The first-order chi connectivity index (χ1) is 7.69. The molecule has 2 rings (SSSR count). The lowest BCUT2D eigenvalue weighted by Crippen LogP contribution is -1.85. The van der Waals surface area contributed by atoms with Crippen LogP contribution in [0.1, 0.15) is 11.5 Å². The van der Waals surface area contributed by atoms with Crippen molar-refractivity contribution in [1.82, 2.24) is 4.98 Å². The van der Waals surface area contributed by atoms with Crippen LogP contribution in [-0.4, -0.2) is 16.1 Å². The number of oxazole rings is 1. The van der Waals surface area contributed by atoms with Crippen LogP contribution >= 0.6 is 0 Å². The maximum atomic E-state index is 10.3. The molecule has 0 spiro atoms. The van der Waals surface area contributed by atoms with Crippen LogP contribution in [0.15, 0.2) is 28.7 Å². The van der Waals surface area contributed by atoms with Crippen molar-refractivity contribution in [1.29, 1.82) is 5.26 Å². The molecule has 1 aromatic carbocycles. The van der Waals surface area contributed by atoms with E-state index in [1.54, 1.807) is 24.3 Å². The van der Waals surface area contributed by atoms with Crippen molar-refractivity contribution in [3.05, 3.63) is 35.7 Å². The molecule has 0 fully saturated rings. The van der Waals surface area contributed by atoms with Gasteiger partial charge in [-0.25, -0.2) is 4.79 Å². The van der Waals surface area contributed by atoms with Gasteiger partial charge in [-0.05, 0) is 23.8 Å². The molecule has 1 aromatic heterocycles. The van der Waals surface area contributed by atoms with Gasteiger partial charge in [0.15, 0.2) is 11.7 Å². The van der Waals surface area contributed by atoms with Gasteiger partial charge in [-0.1, -0.05) is 6.07 Å². The average molecular weight is 214 g/mol. The molecule has 0 saturated carbocycles. The van der Waals surface area contributed by atoms with E-state index in [0.717, 1.165) is 6.08 Å². The topological polar surface area (TPSA) is 87.1 Å². The van der Waals surface area contributed by atoms with E-state index in [0.29, 0.717) is 16.7 Å². The minimum absolute atomic E-state index is 0.00522. The number of fused-ring (bicyclic) bond motifs is 1. The number of rotatable bonds is 2. The van der Waals surface area contributed by atoms with Gasteiger partial charge in [-0.15, -0.1) is 0 Å². The molecule has 5 nitrogen and oxygen atoms in total. The zero-order valence-electron chi connectivity index (χ0n) is 8.04. The predicted octanol–water partition coefficient (Wildman–Crippen LogP) is 1.80. The number of hydrogen-bond donors (Lipinski definition) is 1. The molecule has 16 heavy (non-hydrogen) atoms. The van der Waals surface area contributed by atoms with Crippen LogP contribution in [0.5, 0.6) is 0 Å². The Hall–Kier alpha value is -2.61. The van der Waals surface area contributed by atoms with E-state index in [-0.39, 0.29) is 5.89 Å². The normalized spacial score (nSPS) is 10.7. The van der Waals surface area contributed by atoms with Crippen LogP contribution in [0.4, 0.5) is 0 Å². The monoisotopic (exact) mass is 214 g/mol. The first kappa shape index (κ1) is 9.93. The van der Waals surface area contributed by atoms with E-state index >= 15 is 0 Å². The molecule has 1 heterocycles. The van der Waals surface area contributed by atoms with Gasteiger partial charge < -0.3 is 9.52 Å². The van der Waals surface area contributed by atoms with Crippen LogP contribution < -0.4 is 0 Å². The van der Waals surface area contributed by atoms with Crippen molar-refractivity contribution >= 4 is 23.1 Å². The average Bonchev–Trinajstić information content (AvgIpc) is 2.68. The summed E-state index contributed by atoms with van der Waals surface area (Å²) >= 11 is 0. The summed E-state index contributed by atoms with van der Waals surface area (Å²) in [5.74, 6) is -1.02. The van der Waals surface area contributed by atoms with Crippen LogP contribution in [0.25, 0.3) is 17.2 Å². The summed E-state index contributed by atoms with van der Waals surface area (Å²) in [6, 6.07) is 6.79. The smallest absolute Gasteiger partial charge is 0.328 e. The molecule has 0 saturated heterocycles. The summed E-state index contributed by atoms with van der Waals surface area (Å²) < 4.78 is 5.11. The third-order valence-corrected chi connectivity index (χ3v) is 1.93. The van der Waals surface area contributed by atoms with Gasteiger partial charge in [0.1, 0.15) is 5.52 Å². The minimum atomic E-state index is -1.02. The Morgan fingerprint density at radius 3 is 3.06 bits per heavy atom. The number of carbonyl (C=O) groups is 1. The Balaban J connectivity index is 2.44. The highest BCUT2D eigenvalue weighted by molar-refractivity contribution is 5.86. The maximum absolute atomic E-state index is 10.3. The summed E-state index contributed by atoms with van der Waals surface area (Å²) in [5, 5.41) is 17.1. The zero-order valence-corrected chi connectivity index (χ0v) is 8.04. The zero-order chi connectivity index (χ0) is 11.5. The van der Waals surface area contributed by atoms with E-state index in [1.165, 1.54) is 6.08 Å². The lowest BCUT2D eigenvalue weighted by atomic mass is 10.2. The van der Waals surface area contributed by atoms with Crippen LogP contribution in [0.3, 0.4) is 0 Å². The van der Waals surface area contributed by atoms with E-state index in [1.807, 2.05) is 0 Å². The van der Waals surface area contributed by atoms with Crippen molar-refractivity contribution in [2.45, 2.75) is 0 Å².